The third-order valence-electron chi connectivity index (χ3n) is 3.82. The lowest BCUT2D eigenvalue weighted by molar-refractivity contribution is -0.130. The van der Waals surface area contributed by atoms with Crippen molar-refractivity contribution in [3.63, 3.8) is 0 Å². The number of rotatable bonds is 3. The number of carbonyl (C=O) groups is 1. The van der Waals surface area contributed by atoms with Gasteiger partial charge in [-0.3, -0.25) is 4.79 Å². The molecule has 94 valence electrons. The van der Waals surface area contributed by atoms with Crippen molar-refractivity contribution < 1.29 is 4.79 Å². The average Bonchev–Trinajstić information content (AvgIpc) is 2.84. The molecule has 1 aliphatic heterocycles. The van der Waals surface area contributed by atoms with Gasteiger partial charge in [-0.15, -0.1) is 12.4 Å². The third-order valence-corrected chi connectivity index (χ3v) is 3.82. The molecule has 1 aliphatic carbocycles. The molecule has 2 N–H and O–H groups in total. The lowest BCUT2D eigenvalue weighted by atomic mass is 10.0. The summed E-state index contributed by atoms with van der Waals surface area (Å²) in [7, 11) is 0. The number of carbonyl (C=O) groups excluding carboxylic acids is 1. The monoisotopic (exact) mass is 246 g/mol. The summed E-state index contributed by atoms with van der Waals surface area (Å²) in [6.45, 7) is 1.66. The van der Waals surface area contributed by atoms with Gasteiger partial charge in [-0.05, 0) is 18.8 Å². The molecular formula is C12H23ClN2O. The Balaban J connectivity index is 0.00000128. The molecule has 1 amide bonds. The van der Waals surface area contributed by atoms with Crippen molar-refractivity contribution in [3.05, 3.63) is 0 Å². The molecule has 16 heavy (non-hydrogen) atoms. The molecule has 0 radical (unpaired) electrons. The van der Waals surface area contributed by atoms with Crippen LogP contribution in [-0.2, 0) is 4.79 Å². The normalized spacial score (nSPS) is 25.8. The van der Waals surface area contributed by atoms with E-state index < -0.39 is 0 Å². The van der Waals surface area contributed by atoms with Gasteiger partial charge in [0.15, 0.2) is 0 Å². The van der Waals surface area contributed by atoms with Gasteiger partial charge >= 0.3 is 0 Å². The summed E-state index contributed by atoms with van der Waals surface area (Å²) < 4.78 is 0. The first-order valence-corrected chi connectivity index (χ1v) is 6.29. The van der Waals surface area contributed by atoms with E-state index in [4.69, 9.17) is 5.73 Å². The minimum atomic E-state index is 0. The Morgan fingerprint density at radius 3 is 2.50 bits per heavy atom. The van der Waals surface area contributed by atoms with Crippen molar-refractivity contribution in [2.24, 2.45) is 11.7 Å². The number of nitrogens with zero attached hydrogens (tertiary/aromatic N) is 1. The van der Waals surface area contributed by atoms with E-state index in [-0.39, 0.29) is 18.4 Å². The van der Waals surface area contributed by atoms with Crippen LogP contribution in [0.1, 0.15) is 44.9 Å². The van der Waals surface area contributed by atoms with E-state index in [9.17, 15) is 4.79 Å². The predicted octanol–water partition coefficient (Wildman–Crippen LogP) is 1.94. The van der Waals surface area contributed by atoms with Gasteiger partial charge < -0.3 is 10.6 Å². The van der Waals surface area contributed by atoms with E-state index in [1.807, 2.05) is 4.90 Å². The fraction of sp³-hybridized carbons (Fsp3) is 0.917. The highest BCUT2D eigenvalue weighted by Gasteiger charge is 2.24. The van der Waals surface area contributed by atoms with Crippen molar-refractivity contribution in [1.29, 1.82) is 0 Å². The number of hydrogen-bond acceptors (Lipinski definition) is 2. The average molecular weight is 247 g/mol. The number of halogens is 1. The third kappa shape index (κ3) is 3.63. The Kier molecular flexibility index (Phi) is 5.56. The fourth-order valence-corrected chi connectivity index (χ4v) is 2.80. The van der Waals surface area contributed by atoms with Crippen LogP contribution in [0, 0.1) is 5.92 Å². The molecule has 0 aromatic rings. The lowest BCUT2D eigenvalue weighted by Crippen LogP contribution is -2.31. The largest absolute Gasteiger partial charge is 0.341 e. The van der Waals surface area contributed by atoms with Gasteiger partial charge in [0.1, 0.15) is 0 Å². The van der Waals surface area contributed by atoms with Crippen LogP contribution >= 0.6 is 12.4 Å². The molecule has 1 saturated carbocycles. The molecule has 0 bridgehead atoms. The van der Waals surface area contributed by atoms with Gasteiger partial charge in [-0.25, -0.2) is 0 Å². The minimum absolute atomic E-state index is 0. The maximum atomic E-state index is 11.8. The van der Waals surface area contributed by atoms with Crippen LogP contribution in [0.15, 0.2) is 0 Å². The number of likely N-dealkylation sites (tertiary alicyclic amines) is 1. The van der Waals surface area contributed by atoms with Gasteiger partial charge in [0.05, 0.1) is 0 Å². The first-order valence-electron chi connectivity index (χ1n) is 6.29. The first-order chi connectivity index (χ1) is 7.25. The molecule has 2 aliphatic rings. The highest BCUT2D eigenvalue weighted by atomic mass is 35.5. The molecule has 0 aromatic heterocycles. The molecular weight excluding hydrogens is 224 g/mol. The minimum Gasteiger partial charge on any atom is -0.341 e. The van der Waals surface area contributed by atoms with Gasteiger partial charge in [-0.1, -0.05) is 25.7 Å². The van der Waals surface area contributed by atoms with E-state index in [0.29, 0.717) is 5.91 Å². The van der Waals surface area contributed by atoms with Crippen LogP contribution in [0.25, 0.3) is 0 Å². The molecule has 2 rings (SSSR count). The van der Waals surface area contributed by atoms with Crippen molar-refractivity contribution in [2.75, 3.05) is 13.1 Å². The van der Waals surface area contributed by atoms with E-state index in [2.05, 4.69) is 0 Å². The summed E-state index contributed by atoms with van der Waals surface area (Å²) >= 11 is 0. The highest BCUT2D eigenvalue weighted by molar-refractivity contribution is 5.85. The molecule has 1 heterocycles. The summed E-state index contributed by atoms with van der Waals surface area (Å²) in [5, 5.41) is 0. The zero-order valence-electron chi connectivity index (χ0n) is 9.86. The number of nitrogens with two attached hydrogens (primary N) is 1. The molecule has 1 atom stereocenters. The standard InChI is InChI=1S/C12H22N2O.ClH/c13-11-7-8-14(9-11)12(15)6-5-10-3-1-2-4-10;/h10-11H,1-9,13H2;1H/t11-;/m0./s1. The van der Waals surface area contributed by atoms with Crippen LogP contribution < -0.4 is 5.73 Å². The summed E-state index contributed by atoms with van der Waals surface area (Å²) in [5.74, 6) is 1.15. The quantitative estimate of drug-likeness (QED) is 0.827. The number of hydrogen-bond donors (Lipinski definition) is 1. The van der Waals surface area contributed by atoms with E-state index >= 15 is 0 Å². The molecule has 0 unspecified atom stereocenters. The smallest absolute Gasteiger partial charge is 0.222 e. The first kappa shape index (κ1) is 13.8. The van der Waals surface area contributed by atoms with Gasteiger partial charge in [0.25, 0.3) is 0 Å². The van der Waals surface area contributed by atoms with Crippen LogP contribution in [0.3, 0.4) is 0 Å². The van der Waals surface area contributed by atoms with Crippen LogP contribution in [0.4, 0.5) is 0 Å². The second kappa shape index (κ2) is 6.45. The van der Waals surface area contributed by atoms with Crippen molar-refractivity contribution >= 4 is 18.3 Å². The Morgan fingerprint density at radius 2 is 1.94 bits per heavy atom. The summed E-state index contributed by atoms with van der Waals surface area (Å²) in [6, 6.07) is 0.223. The molecule has 1 saturated heterocycles. The topological polar surface area (TPSA) is 46.3 Å². The molecule has 0 spiro atoms. The van der Waals surface area contributed by atoms with Crippen LogP contribution in [0.5, 0.6) is 0 Å². The summed E-state index contributed by atoms with van der Waals surface area (Å²) in [4.78, 5) is 13.8. The molecule has 4 heteroatoms. The Morgan fingerprint density at radius 1 is 1.25 bits per heavy atom. The lowest BCUT2D eigenvalue weighted by Gasteiger charge is -2.17. The molecule has 2 fully saturated rings. The summed E-state index contributed by atoms with van der Waals surface area (Å²) in [6.07, 6.45) is 8.25. The predicted molar refractivity (Wildman–Crippen MR) is 67.6 cm³/mol. The summed E-state index contributed by atoms with van der Waals surface area (Å²) in [5.41, 5.74) is 5.79. The van der Waals surface area contributed by atoms with E-state index in [0.717, 1.165) is 38.3 Å². The highest BCUT2D eigenvalue weighted by Crippen LogP contribution is 2.28. The van der Waals surface area contributed by atoms with Crippen molar-refractivity contribution in [3.8, 4) is 0 Å². The zero-order chi connectivity index (χ0) is 10.7. The fourth-order valence-electron chi connectivity index (χ4n) is 2.80. The van der Waals surface area contributed by atoms with E-state index in [1.165, 1.54) is 25.7 Å². The maximum absolute atomic E-state index is 11.8. The maximum Gasteiger partial charge on any atom is 0.222 e. The Bertz CT molecular complexity index is 229. The van der Waals surface area contributed by atoms with Gasteiger partial charge in [-0.2, -0.15) is 0 Å². The van der Waals surface area contributed by atoms with Crippen LogP contribution in [-0.4, -0.2) is 29.9 Å². The second-order valence-electron chi connectivity index (χ2n) is 5.08. The van der Waals surface area contributed by atoms with Crippen LogP contribution in [0.2, 0.25) is 0 Å². The van der Waals surface area contributed by atoms with Crippen molar-refractivity contribution in [2.45, 2.75) is 51.0 Å². The molecule has 0 aromatic carbocycles. The van der Waals surface area contributed by atoms with E-state index in [1.54, 1.807) is 0 Å². The zero-order valence-corrected chi connectivity index (χ0v) is 10.7. The van der Waals surface area contributed by atoms with Crippen molar-refractivity contribution in [1.82, 2.24) is 4.90 Å². The van der Waals surface area contributed by atoms with Gasteiger partial charge in [0.2, 0.25) is 5.91 Å². The SMILES string of the molecule is Cl.N[C@H]1CCN(C(=O)CCC2CCCC2)C1. The Labute approximate surface area is 104 Å². The molecule has 3 nitrogen and oxygen atoms in total. The number of amides is 1. The Hall–Kier alpha value is -0.280. The second-order valence-corrected chi connectivity index (χ2v) is 5.08. The van der Waals surface area contributed by atoms with Gasteiger partial charge in [0, 0.05) is 25.6 Å².